The zero-order chi connectivity index (χ0) is 11.3. The molecule has 0 N–H and O–H groups in total. The number of carbonyl (C=O) groups excluding carboxylic acids is 1. The lowest BCUT2D eigenvalue weighted by molar-refractivity contribution is -0.402. The van der Waals surface area contributed by atoms with Crippen LogP contribution < -0.4 is 0 Å². The zero-order valence-electron chi connectivity index (χ0n) is 9.07. The zero-order valence-corrected chi connectivity index (χ0v) is 9.07. The maximum absolute atomic E-state index is 11.7. The van der Waals surface area contributed by atoms with Gasteiger partial charge in [0.1, 0.15) is 5.78 Å². The maximum atomic E-state index is 11.7. The first-order valence-electron chi connectivity index (χ1n) is 5.38. The predicted octanol–water partition coefficient (Wildman–Crippen LogP) is 2.71. The van der Waals surface area contributed by atoms with E-state index >= 15 is 0 Å². The SMILES string of the molecule is CC1(CC/C=C/[N+](=O)[O-])CCCCC1=O. The van der Waals surface area contributed by atoms with Gasteiger partial charge in [0, 0.05) is 11.8 Å². The van der Waals surface area contributed by atoms with E-state index < -0.39 is 4.92 Å². The van der Waals surface area contributed by atoms with Crippen LogP contribution in [-0.2, 0) is 4.79 Å². The van der Waals surface area contributed by atoms with Crippen LogP contribution in [0.25, 0.3) is 0 Å². The van der Waals surface area contributed by atoms with Gasteiger partial charge in [0.25, 0.3) is 0 Å². The molecule has 0 amide bonds. The van der Waals surface area contributed by atoms with Crippen molar-refractivity contribution in [3.05, 3.63) is 22.4 Å². The highest BCUT2D eigenvalue weighted by Crippen LogP contribution is 2.36. The average molecular weight is 211 g/mol. The first kappa shape index (κ1) is 11.9. The molecule has 4 nitrogen and oxygen atoms in total. The maximum Gasteiger partial charge on any atom is 0.230 e. The number of hydrogen-bond acceptors (Lipinski definition) is 3. The van der Waals surface area contributed by atoms with Crippen molar-refractivity contribution in [3.8, 4) is 0 Å². The molecule has 0 aliphatic heterocycles. The fourth-order valence-electron chi connectivity index (χ4n) is 2.07. The Morgan fingerprint density at radius 2 is 2.27 bits per heavy atom. The summed E-state index contributed by atoms with van der Waals surface area (Å²) in [5, 5.41) is 10.0. The Morgan fingerprint density at radius 3 is 2.87 bits per heavy atom. The monoisotopic (exact) mass is 211 g/mol. The second-order valence-corrected chi connectivity index (χ2v) is 4.40. The molecule has 0 bridgehead atoms. The van der Waals surface area contributed by atoms with Crippen molar-refractivity contribution in [2.24, 2.45) is 5.41 Å². The molecule has 1 rings (SSSR count). The molecule has 0 spiro atoms. The summed E-state index contributed by atoms with van der Waals surface area (Å²) in [5.41, 5.74) is -0.237. The number of Topliss-reactive ketones (excluding diaryl/α,β-unsaturated/α-hetero) is 1. The second-order valence-electron chi connectivity index (χ2n) is 4.40. The smallest absolute Gasteiger partial charge is 0.230 e. The molecule has 1 aliphatic rings. The van der Waals surface area contributed by atoms with Crippen molar-refractivity contribution < 1.29 is 9.72 Å². The summed E-state index contributed by atoms with van der Waals surface area (Å²) < 4.78 is 0. The molecule has 0 heterocycles. The van der Waals surface area contributed by atoms with Crippen molar-refractivity contribution >= 4 is 5.78 Å². The van der Waals surface area contributed by atoms with E-state index in [1.54, 1.807) is 0 Å². The van der Waals surface area contributed by atoms with E-state index in [2.05, 4.69) is 0 Å². The van der Waals surface area contributed by atoms with Crippen LogP contribution in [0.1, 0.15) is 45.4 Å². The van der Waals surface area contributed by atoms with Crippen LogP contribution in [0.4, 0.5) is 0 Å². The molecular formula is C11H17NO3. The van der Waals surface area contributed by atoms with Crippen LogP contribution >= 0.6 is 0 Å². The third-order valence-electron chi connectivity index (χ3n) is 3.15. The van der Waals surface area contributed by atoms with E-state index in [4.69, 9.17) is 0 Å². The van der Waals surface area contributed by atoms with E-state index in [1.165, 1.54) is 6.08 Å². The topological polar surface area (TPSA) is 60.2 Å². The van der Waals surface area contributed by atoms with Gasteiger partial charge in [0.15, 0.2) is 0 Å². The van der Waals surface area contributed by atoms with Crippen molar-refractivity contribution in [3.63, 3.8) is 0 Å². The molecule has 1 aliphatic carbocycles. The summed E-state index contributed by atoms with van der Waals surface area (Å²) in [7, 11) is 0. The van der Waals surface area contributed by atoms with Crippen LogP contribution in [0.5, 0.6) is 0 Å². The molecule has 1 unspecified atom stereocenters. The number of rotatable bonds is 4. The third kappa shape index (κ3) is 3.46. The number of ketones is 1. The minimum atomic E-state index is -0.467. The summed E-state index contributed by atoms with van der Waals surface area (Å²) >= 11 is 0. The van der Waals surface area contributed by atoms with Gasteiger partial charge >= 0.3 is 0 Å². The highest BCUT2D eigenvalue weighted by atomic mass is 16.6. The van der Waals surface area contributed by atoms with Gasteiger partial charge in [-0.25, -0.2) is 0 Å². The molecule has 15 heavy (non-hydrogen) atoms. The van der Waals surface area contributed by atoms with Crippen LogP contribution in [0.2, 0.25) is 0 Å². The number of allylic oxidation sites excluding steroid dienone is 1. The molecule has 1 atom stereocenters. The van der Waals surface area contributed by atoms with Gasteiger partial charge in [-0.1, -0.05) is 13.3 Å². The van der Waals surface area contributed by atoms with E-state index in [1.807, 2.05) is 6.92 Å². The normalized spacial score (nSPS) is 27.1. The fourth-order valence-corrected chi connectivity index (χ4v) is 2.07. The van der Waals surface area contributed by atoms with E-state index in [0.717, 1.165) is 31.9 Å². The van der Waals surface area contributed by atoms with E-state index in [0.29, 0.717) is 18.6 Å². The highest BCUT2D eigenvalue weighted by molar-refractivity contribution is 5.85. The standard InChI is InChI=1S/C11H17NO3/c1-11(7-3-2-6-10(11)13)8-4-5-9-12(14)15/h5,9H,2-4,6-8H2,1H3/b9-5+. The lowest BCUT2D eigenvalue weighted by Crippen LogP contribution is -2.30. The molecule has 0 aromatic heterocycles. The minimum absolute atomic E-state index is 0.237. The summed E-state index contributed by atoms with van der Waals surface area (Å²) in [6, 6.07) is 0. The Bertz CT molecular complexity index is 286. The van der Waals surface area contributed by atoms with Gasteiger partial charge in [0.2, 0.25) is 6.20 Å². The molecular weight excluding hydrogens is 194 g/mol. The number of nitro groups is 1. The molecule has 1 fully saturated rings. The van der Waals surface area contributed by atoms with Crippen LogP contribution in [-0.4, -0.2) is 10.7 Å². The summed E-state index contributed by atoms with van der Waals surface area (Å²) in [4.78, 5) is 21.3. The Balaban J connectivity index is 2.41. The highest BCUT2D eigenvalue weighted by Gasteiger charge is 2.33. The molecule has 4 heteroatoms. The van der Waals surface area contributed by atoms with Crippen LogP contribution in [0.3, 0.4) is 0 Å². The number of hydrogen-bond donors (Lipinski definition) is 0. The van der Waals surface area contributed by atoms with Crippen molar-refractivity contribution in [2.75, 3.05) is 0 Å². The Morgan fingerprint density at radius 1 is 1.53 bits per heavy atom. The minimum Gasteiger partial charge on any atom is -0.299 e. The van der Waals surface area contributed by atoms with Gasteiger partial charge in [-0.05, 0) is 31.8 Å². The third-order valence-corrected chi connectivity index (χ3v) is 3.15. The summed E-state index contributed by atoms with van der Waals surface area (Å²) in [6.45, 7) is 1.98. The number of nitrogens with zero attached hydrogens (tertiary/aromatic N) is 1. The second kappa shape index (κ2) is 5.05. The van der Waals surface area contributed by atoms with Crippen LogP contribution in [0, 0.1) is 15.5 Å². The molecule has 0 aromatic rings. The van der Waals surface area contributed by atoms with Gasteiger partial charge < -0.3 is 0 Å². The van der Waals surface area contributed by atoms with Crippen molar-refractivity contribution in [1.82, 2.24) is 0 Å². The fraction of sp³-hybridized carbons (Fsp3) is 0.727. The predicted molar refractivity (Wildman–Crippen MR) is 57.0 cm³/mol. The first-order valence-corrected chi connectivity index (χ1v) is 5.38. The number of carbonyl (C=O) groups is 1. The van der Waals surface area contributed by atoms with E-state index in [-0.39, 0.29) is 5.41 Å². The lowest BCUT2D eigenvalue weighted by atomic mass is 9.72. The van der Waals surface area contributed by atoms with Gasteiger partial charge in [-0.3, -0.25) is 14.9 Å². The van der Waals surface area contributed by atoms with Crippen molar-refractivity contribution in [2.45, 2.75) is 45.4 Å². The Hall–Kier alpha value is -1.19. The molecule has 0 aromatic carbocycles. The average Bonchev–Trinajstić information content (AvgIpc) is 2.18. The van der Waals surface area contributed by atoms with E-state index in [9.17, 15) is 14.9 Å². The van der Waals surface area contributed by atoms with Gasteiger partial charge in [0.05, 0.1) is 4.92 Å². The van der Waals surface area contributed by atoms with Gasteiger partial charge in [-0.2, -0.15) is 0 Å². The quantitative estimate of drug-likeness (QED) is 0.530. The molecule has 1 saturated carbocycles. The van der Waals surface area contributed by atoms with Crippen molar-refractivity contribution in [1.29, 1.82) is 0 Å². The summed E-state index contributed by atoms with van der Waals surface area (Å²) in [5.74, 6) is 0.322. The largest absolute Gasteiger partial charge is 0.299 e. The molecule has 84 valence electrons. The molecule has 0 saturated heterocycles. The van der Waals surface area contributed by atoms with Crippen LogP contribution in [0.15, 0.2) is 12.3 Å². The Labute approximate surface area is 89.5 Å². The first-order chi connectivity index (χ1) is 7.04. The lowest BCUT2D eigenvalue weighted by Gasteiger charge is -2.31. The van der Waals surface area contributed by atoms with Gasteiger partial charge in [-0.15, -0.1) is 0 Å². The summed E-state index contributed by atoms with van der Waals surface area (Å²) in [6.07, 6.45) is 7.54. The molecule has 0 radical (unpaired) electrons. The Kier molecular flexibility index (Phi) is 4.00.